The number of carbonyl (C=O) groups excluding carboxylic acids is 1. The molecule has 1 saturated heterocycles. The van der Waals surface area contributed by atoms with E-state index in [2.05, 4.69) is 12.2 Å². The Hall–Kier alpha value is -1.81. The second kappa shape index (κ2) is 7.10. The third-order valence-electron chi connectivity index (χ3n) is 3.65. The molecule has 2 atom stereocenters. The van der Waals surface area contributed by atoms with Crippen molar-refractivity contribution >= 4 is 17.7 Å². The van der Waals surface area contributed by atoms with Crippen LogP contribution in [0.25, 0.3) is 6.08 Å². The SMILES string of the molecule is CCC1OCCC1CNC(=O)/C=C/c1ccc(N)cc1. The molecule has 1 amide bonds. The highest BCUT2D eigenvalue weighted by atomic mass is 16.5. The van der Waals surface area contributed by atoms with Gasteiger partial charge in [-0.15, -0.1) is 0 Å². The first-order chi connectivity index (χ1) is 9.69. The van der Waals surface area contributed by atoms with E-state index in [0.717, 1.165) is 30.7 Å². The van der Waals surface area contributed by atoms with Crippen LogP contribution in [0.3, 0.4) is 0 Å². The molecule has 2 unspecified atom stereocenters. The zero-order chi connectivity index (χ0) is 14.4. The maximum atomic E-state index is 11.8. The Morgan fingerprint density at radius 3 is 2.90 bits per heavy atom. The van der Waals surface area contributed by atoms with Crippen LogP contribution in [0, 0.1) is 5.92 Å². The van der Waals surface area contributed by atoms with Gasteiger partial charge in [-0.3, -0.25) is 4.79 Å². The number of amides is 1. The fourth-order valence-corrected chi connectivity index (χ4v) is 2.45. The molecule has 0 spiro atoms. The number of hydrogen-bond donors (Lipinski definition) is 2. The molecule has 2 rings (SSSR count). The van der Waals surface area contributed by atoms with Crippen LogP contribution in [0.4, 0.5) is 5.69 Å². The number of ether oxygens (including phenoxy) is 1. The lowest BCUT2D eigenvalue weighted by Gasteiger charge is -2.16. The minimum atomic E-state index is -0.0661. The minimum absolute atomic E-state index is 0.0661. The summed E-state index contributed by atoms with van der Waals surface area (Å²) >= 11 is 0. The number of hydrogen-bond acceptors (Lipinski definition) is 3. The summed E-state index contributed by atoms with van der Waals surface area (Å²) in [7, 11) is 0. The normalized spacial score (nSPS) is 22.2. The van der Waals surface area contributed by atoms with Crippen LogP contribution < -0.4 is 11.1 Å². The van der Waals surface area contributed by atoms with Crippen LogP contribution in [-0.2, 0) is 9.53 Å². The van der Waals surface area contributed by atoms with Gasteiger partial charge in [0.15, 0.2) is 0 Å². The average Bonchev–Trinajstić information content (AvgIpc) is 2.92. The molecule has 1 aliphatic rings. The molecule has 0 aliphatic carbocycles. The summed E-state index contributed by atoms with van der Waals surface area (Å²) in [6.07, 6.45) is 5.67. The lowest BCUT2D eigenvalue weighted by molar-refractivity contribution is -0.116. The van der Waals surface area contributed by atoms with Crippen LogP contribution in [0.2, 0.25) is 0 Å². The molecule has 0 radical (unpaired) electrons. The zero-order valence-corrected chi connectivity index (χ0v) is 11.8. The quantitative estimate of drug-likeness (QED) is 0.639. The Labute approximate surface area is 120 Å². The van der Waals surface area contributed by atoms with Gasteiger partial charge in [-0.1, -0.05) is 19.1 Å². The highest BCUT2D eigenvalue weighted by Crippen LogP contribution is 2.22. The molecule has 108 valence electrons. The summed E-state index contributed by atoms with van der Waals surface area (Å²) in [6, 6.07) is 7.41. The maximum absolute atomic E-state index is 11.8. The van der Waals surface area contributed by atoms with E-state index in [1.807, 2.05) is 24.3 Å². The smallest absolute Gasteiger partial charge is 0.244 e. The van der Waals surface area contributed by atoms with E-state index >= 15 is 0 Å². The summed E-state index contributed by atoms with van der Waals surface area (Å²) in [5.41, 5.74) is 7.29. The Kier molecular flexibility index (Phi) is 5.18. The van der Waals surface area contributed by atoms with Crippen molar-refractivity contribution in [2.24, 2.45) is 5.92 Å². The van der Waals surface area contributed by atoms with E-state index in [4.69, 9.17) is 10.5 Å². The Morgan fingerprint density at radius 1 is 1.45 bits per heavy atom. The van der Waals surface area contributed by atoms with E-state index < -0.39 is 0 Å². The van der Waals surface area contributed by atoms with Crippen molar-refractivity contribution in [3.63, 3.8) is 0 Å². The van der Waals surface area contributed by atoms with Gasteiger partial charge < -0.3 is 15.8 Å². The molecule has 1 aromatic carbocycles. The van der Waals surface area contributed by atoms with Gasteiger partial charge in [0.05, 0.1) is 6.10 Å². The Balaban J connectivity index is 1.79. The summed E-state index contributed by atoms with van der Waals surface area (Å²) in [5.74, 6) is 0.373. The lowest BCUT2D eigenvalue weighted by Crippen LogP contribution is -2.31. The molecule has 0 aromatic heterocycles. The molecular weight excluding hydrogens is 252 g/mol. The maximum Gasteiger partial charge on any atom is 0.244 e. The zero-order valence-electron chi connectivity index (χ0n) is 11.8. The van der Waals surface area contributed by atoms with Gasteiger partial charge in [-0.05, 0) is 36.6 Å². The topological polar surface area (TPSA) is 64.3 Å². The van der Waals surface area contributed by atoms with E-state index in [9.17, 15) is 4.79 Å². The molecule has 0 saturated carbocycles. The second-order valence-electron chi connectivity index (χ2n) is 5.11. The molecule has 4 nitrogen and oxygen atoms in total. The monoisotopic (exact) mass is 274 g/mol. The van der Waals surface area contributed by atoms with Crippen molar-refractivity contribution in [1.82, 2.24) is 5.32 Å². The van der Waals surface area contributed by atoms with Crippen molar-refractivity contribution in [3.8, 4) is 0 Å². The van der Waals surface area contributed by atoms with E-state index in [1.54, 1.807) is 12.2 Å². The number of nitrogens with two attached hydrogens (primary N) is 1. The number of rotatable bonds is 5. The Morgan fingerprint density at radius 2 is 2.20 bits per heavy atom. The van der Waals surface area contributed by atoms with Crippen LogP contribution in [-0.4, -0.2) is 25.2 Å². The van der Waals surface area contributed by atoms with Crippen molar-refractivity contribution in [2.45, 2.75) is 25.9 Å². The largest absolute Gasteiger partial charge is 0.399 e. The van der Waals surface area contributed by atoms with Crippen molar-refractivity contribution < 1.29 is 9.53 Å². The standard InChI is InChI=1S/C16H22N2O2/c1-2-15-13(9-10-20-15)11-18-16(19)8-5-12-3-6-14(17)7-4-12/h3-8,13,15H,2,9-11,17H2,1H3,(H,18,19)/b8-5+. The second-order valence-corrected chi connectivity index (χ2v) is 5.11. The highest BCUT2D eigenvalue weighted by Gasteiger charge is 2.26. The number of nitrogens with one attached hydrogen (secondary N) is 1. The number of anilines is 1. The summed E-state index contributed by atoms with van der Waals surface area (Å²) in [5, 5.41) is 2.94. The predicted octanol–water partition coefficient (Wildman–Crippen LogP) is 2.21. The molecule has 3 N–H and O–H groups in total. The van der Waals surface area contributed by atoms with Crippen molar-refractivity contribution in [2.75, 3.05) is 18.9 Å². The lowest BCUT2D eigenvalue weighted by atomic mass is 10.00. The van der Waals surface area contributed by atoms with Gasteiger partial charge in [0.1, 0.15) is 0 Å². The van der Waals surface area contributed by atoms with Gasteiger partial charge in [-0.25, -0.2) is 0 Å². The Bertz CT molecular complexity index is 468. The third kappa shape index (κ3) is 4.10. The predicted molar refractivity (Wildman–Crippen MR) is 81.0 cm³/mol. The minimum Gasteiger partial charge on any atom is -0.399 e. The van der Waals surface area contributed by atoms with Gasteiger partial charge >= 0.3 is 0 Å². The van der Waals surface area contributed by atoms with Crippen LogP contribution in [0.15, 0.2) is 30.3 Å². The third-order valence-corrected chi connectivity index (χ3v) is 3.65. The molecule has 20 heavy (non-hydrogen) atoms. The van der Waals surface area contributed by atoms with Crippen LogP contribution in [0.1, 0.15) is 25.3 Å². The van der Waals surface area contributed by atoms with E-state index in [1.165, 1.54) is 0 Å². The van der Waals surface area contributed by atoms with Gasteiger partial charge in [0.2, 0.25) is 5.91 Å². The molecule has 4 heteroatoms. The van der Waals surface area contributed by atoms with Gasteiger partial charge in [0, 0.05) is 30.8 Å². The molecule has 0 bridgehead atoms. The fourth-order valence-electron chi connectivity index (χ4n) is 2.45. The summed E-state index contributed by atoms with van der Waals surface area (Å²) in [4.78, 5) is 11.8. The van der Waals surface area contributed by atoms with Gasteiger partial charge in [0.25, 0.3) is 0 Å². The molecule has 1 aliphatic heterocycles. The number of benzene rings is 1. The fraction of sp³-hybridized carbons (Fsp3) is 0.438. The summed E-state index contributed by atoms with van der Waals surface area (Å²) < 4.78 is 5.61. The van der Waals surface area contributed by atoms with Crippen LogP contribution >= 0.6 is 0 Å². The molecule has 1 fully saturated rings. The average molecular weight is 274 g/mol. The van der Waals surface area contributed by atoms with Gasteiger partial charge in [-0.2, -0.15) is 0 Å². The van der Waals surface area contributed by atoms with E-state index in [-0.39, 0.29) is 12.0 Å². The first kappa shape index (κ1) is 14.6. The van der Waals surface area contributed by atoms with Crippen molar-refractivity contribution in [1.29, 1.82) is 0 Å². The van der Waals surface area contributed by atoms with Crippen LogP contribution in [0.5, 0.6) is 0 Å². The highest BCUT2D eigenvalue weighted by molar-refractivity contribution is 5.91. The number of carbonyl (C=O) groups is 1. The first-order valence-electron chi connectivity index (χ1n) is 7.12. The molecule has 1 heterocycles. The van der Waals surface area contributed by atoms with E-state index in [0.29, 0.717) is 12.5 Å². The van der Waals surface area contributed by atoms with Crippen molar-refractivity contribution in [3.05, 3.63) is 35.9 Å². The molecular formula is C16H22N2O2. The number of nitrogen functional groups attached to an aromatic ring is 1. The molecule has 1 aromatic rings. The summed E-state index contributed by atoms with van der Waals surface area (Å²) in [6.45, 7) is 3.61. The first-order valence-corrected chi connectivity index (χ1v) is 7.12.